The maximum atomic E-state index is 11.6. The average molecular weight is 238 g/mol. The molecular formula is C12H22N4O. The van der Waals surface area contributed by atoms with Crippen LogP contribution in [0.25, 0.3) is 0 Å². The normalized spacial score (nSPS) is 12.4. The first kappa shape index (κ1) is 13.7. The van der Waals surface area contributed by atoms with Gasteiger partial charge in [0.05, 0.1) is 6.33 Å². The molecule has 1 rings (SSSR count). The van der Waals surface area contributed by atoms with E-state index in [1.807, 2.05) is 24.6 Å². The second kappa shape index (κ2) is 7.84. The van der Waals surface area contributed by atoms with Gasteiger partial charge in [0.15, 0.2) is 0 Å². The molecule has 0 aromatic carbocycles. The van der Waals surface area contributed by atoms with Crippen LogP contribution < -0.4 is 10.6 Å². The first-order valence-electron chi connectivity index (χ1n) is 6.18. The lowest BCUT2D eigenvalue weighted by Crippen LogP contribution is -2.35. The van der Waals surface area contributed by atoms with Crippen LogP contribution in [-0.4, -0.2) is 35.1 Å². The molecule has 0 aliphatic rings. The van der Waals surface area contributed by atoms with Crippen LogP contribution in [0.15, 0.2) is 18.7 Å². The number of nitrogens with zero attached hydrogens (tertiary/aromatic N) is 2. The van der Waals surface area contributed by atoms with Crippen molar-refractivity contribution in [2.75, 3.05) is 19.6 Å². The molecular weight excluding hydrogens is 216 g/mol. The molecule has 1 amide bonds. The Morgan fingerprint density at radius 3 is 3.00 bits per heavy atom. The highest BCUT2D eigenvalue weighted by Gasteiger charge is 2.10. The smallest absolute Gasteiger partial charge is 0.224 e. The molecule has 1 unspecified atom stereocenters. The Labute approximate surface area is 103 Å². The molecule has 5 heteroatoms. The summed E-state index contributed by atoms with van der Waals surface area (Å²) in [6, 6.07) is 0. The molecule has 17 heavy (non-hydrogen) atoms. The van der Waals surface area contributed by atoms with Crippen molar-refractivity contribution in [3.8, 4) is 0 Å². The van der Waals surface area contributed by atoms with Gasteiger partial charge in [-0.05, 0) is 13.0 Å². The molecule has 0 fully saturated rings. The summed E-state index contributed by atoms with van der Waals surface area (Å²) in [5.41, 5.74) is 0. The molecule has 1 aromatic rings. The molecule has 5 nitrogen and oxygen atoms in total. The maximum absolute atomic E-state index is 11.6. The minimum Gasteiger partial charge on any atom is -0.356 e. The first-order valence-corrected chi connectivity index (χ1v) is 6.18. The quantitative estimate of drug-likeness (QED) is 0.653. The van der Waals surface area contributed by atoms with Gasteiger partial charge in [0, 0.05) is 37.9 Å². The molecule has 1 aromatic heterocycles. The van der Waals surface area contributed by atoms with Crippen LogP contribution in [0.1, 0.15) is 20.3 Å². The monoisotopic (exact) mass is 238 g/mol. The second-order valence-electron chi connectivity index (χ2n) is 4.15. The predicted molar refractivity (Wildman–Crippen MR) is 67.6 cm³/mol. The van der Waals surface area contributed by atoms with E-state index in [0.717, 1.165) is 26.1 Å². The summed E-state index contributed by atoms with van der Waals surface area (Å²) in [6.45, 7) is 7.22. The summed E-state index contributed by atoms with van der Waals surface area (Å²) in [5, 5.41) is 6.11. The molecule has 2 N–H and O–H groups in total. The molecule has 0 aliphatic carbocycles. The fourth-order valence-corrected chi connectivity index (χ4v) is 1.52. The third-order valence-corrected chi connectivity index (χ3v) is 2.60. The maximum Gasteiger partial charge on any atom is 0.224 e. The highest BCUT2D eigenvalue weighted by atomic mass is 16.1. The molecule has 1 atom stereocenters. The molecule has 0 aliphatic heterocycles. The number of amides is 1. The summed E-state index contributed by atoms with van der Waals surface area (Å²) in [4.78, 5) is 15.6. The van der Waals surface area contributed by atoms with Crippen molar-refractivity contribution >= 4 is 5.91 Å². The van der Waals surface area contributed by atoms with Crippen molar-refractivity contribution < 1.29 is 4.79 Å². The lowest BCUT2D eigenvalue weighted by molar-refractivity contribution is -0.124. The number of carbonyl (C=O) groups is 1. The number of rotatable bonds is 8. The van der Waals surface area contributed by atoms with Crippen LogP contribution in [-0.2, 0) is 11.3 Å². The first-order chi connectivity index (χ1) is 8.24. The summed E-state index contributed by atoms with van der Waals surface area (Å²) in [5.74, 6) is 0.153. The summed E-state index contributed by atoms with van der Waals surface area (Å²) >= 11 is 0. The van der Waals surface area contributed by atoms with E-state index in [0.29, 0.717) is 6.54 Å². The van der Waals surface area contributed by atoms with Gasteiger partial charge < -0.3 is 15.2 Å². The van der Waals surface area contributed by atoms with Gasteiger partial charge in [0.25, 0.3) is 0 Å². The second-order valence-corrected chi connectivity index (χ2v) is 4.15. The Kier molecular flexibility index (Phi) is 6.32. The lowest BCUT2D eigenvalue weighted by Gasteiger charge is -2.12. The van der Waals surface area contributed by atoms with Crippen LogP contribution >= 0.6 is 0 Å². The van der Waals surface area contributed by atoms with Gasteiger partial charge in [0.1, 0.15) is 0 Å². The van der Waals surface area contributed by atoms with Crippen molar-refractivity contribution in [3.05, 3.63) is 18.7 Å². The van der Waals surface area contributed by atoms with Crippen LogP contribution in [0.2, 0.25) is 0 Å². The third kappa shape index (κ3) is 5.49. The zero-order valence-electron chi connectivity index (χ0n) is 10.6. The minimum atomic E-state index is 0.0307. The Morgan fingerprint density at radius 2 is 2.35 bits per heavy atom. The predicted octanol–water partition coefficient (Wildman–Crippen LogP) is 0.635. The topological polar surface area (TPSA) is 59.0 Å². The van der Waals surface area contributed by atoms with Gasteiger partial charge in [-0.2, -0.15) is 0 Å². The van der Waals surface area contributed by atoms with Crippen LogP contribution in [0.5, 0.6) is 0 Å². The Hall–Kier alpha value is -1.36. The minimum absolute atomic E-state index is 0.0307. The molecule has 0 bridgehead atoms. The molecule has 0 radical (unpaired) electrons. The number of hydrogen-bond acceptors (Lipinski definition) is 3. The van der Waals surface area contributed by atoms with Gasteiger partial charge in [-0.25, -0.2) is 4.98 Å². The number of nitrogens with one attached hydrogen (secondary N) is 2. The SMILES string of the molecule is CCNCC(C)C(=O)NCCCn1ccnc1. The zero-order chi connectivity index (χ0) is 12.5. The van der Waals surface area contributed by atoms with Gasteiger partial charge in [-0.3, -0.25) is 4.79 Å². The number of carbonyl (C=O) groups excluding carboxylic acids is 1. The van der Waals surface area contributed by atoms with Gasteiger partial charge >= 0.3 is 0 Å². The molecule has 0 saturated heterocycles. The fraction of sp³-hybridized carbons (Fsp3) is 0.667. The Morgan fingerprint density at radius 1 is 1.53 bits per heavy atom. The van der Waals surface area contributed by atoms with Crippen LogP contribution in [0.4, 0.5) is 0 Å². The van der Waals surface area contributed by atoms with E-state index in [9.17, 15) is 4.79 Å². The van der Waals surface area contributed by atoms with Gasteiger partial charge in [0.2, 0.25) is 5.91 Å². The largest absolute Gasteiger partial charge is 0.356 e. The van der Waals surface area contributed by atoms with Crippen molar-refractivity contribution in [2.45, 2.75) is 26.8 Å². The number of hydrogen-bond donors (Lipinski definition) is 2. The Balaban J connectivity index is 2.07. The van der Waals surface area contributed by atoms with Gasteiger partial charge in [-0.15, -0.1) is 0 Å². The summed E-state index contributed by atoms with van der Waals surface area (Å²) < 4.78 is 2.01. The van der Waals surface area contributed by atoms with E-state index in [2.05, 4.69) is 15.6 Å². The number of aromatic nitrogens is 2. The average Bonchev–Trinajstić information content (AvgIpc) is 2.84. The van der Waals surface area contributed by atoms with Crippen LogP contribution in [0.3, 0.4) is 0 Å². The molecule has 0 spiro atoms. The van der Waals surface area contributed by atoms with E-state index in [-0.39, 0.29) is 11.8 Å². The van der Waals surface area contributed by atoms with Crippen molar-refractivity contribution in [2.24, 2.45) is 5.92 Å². The van der Waals surface area contributed by atoms with Gasteiger partial charge in [-0.1, -0.05) is 13.8 Å². The summed E-state index contributed by atoms with van der Waals surface area (Å²) in [6.07, 6.45) is 6.40. The zero-order valence-corrected chi connectivity index (χ0v) is 10.6. The molecule has 96 valence electrons. The Bertz CT molecular complexity index is 310. The van der Waals surface area contributed by atoms with E-state index in [4.69, 9.17) is 0 Å². The highest BCUT2D eigenvalue weighted by molar-refractivity contribution is 5.78. The highest BCUT2D eigenvalue weighted by Crippen LogP contribution is 1.93. The van der Waals surface area contributed by atoms with E-state index in [1.54, 1.807) is 12.5 Å². The van der Waals surface area contributed by atoms with Crippen molar-refractivity contribution in [3.63, 3.8) is 0 Å². The third-order valence-electron chi connectivity index (χ3n) is 2.60. The van der Waals surface area contributed by atoms with Crippen molar-refractivity contribution in [1.29, 1.82) is 0 Å². The lowest BCUT2D eigenvalue weighted by atomic mass is 10.1. The number of imidazole rings is 1. The fourth-order valence-electron chi connectivity index (χ4n) is 1.52. The van der Waals surface area contributed by atoms with Crippen molar-refractivity contribution in [1.82, 2.24) is 20.2 Å². The van der Waals surface area contributed by atoms with E-state index >= 15 is 0 Å². The molecule has 0 saturated carbocycles. The van der Waals surface area contributed by atoms with E-state index < -0.39 is 0 Å². The standard InChI is InChI=1S/C12H22N4O/c1-3-13-9-11(2)12(17)15-5-4-7-16-8-6-14-10-16/h6,8,10-11,13H,3-5,7,9H2,1-2H3,(H,15,17). The van der Waals surface area contributed by atoms with Crippen LogP contribution in [0, 0.1) is 5.92 Å². The van der Waals surface area contributed by atoms with E-state index in [1.165, 1.54) is 0 Å². The number of aryl methyl sites for hydroxylation is 1. The molecule has 1 heterocycles. The summed E-state index contributed by atoms with van der Waals surface area (Å²) in [7, 11) is 0.